The van der Waals surface area contributed by atoms with E-state index in [9.17, 15) is 4.79 Å². The summed E-state index contributed by atoms with van der Waals surface area (Å²) in [6, 6.07) is 5.90. The molecule has 0 atom stereocenters. The molecule has 0 aliphatic rings. The molecule has 0 saturated carbocycles. The van der Waals surface area contributed by atoms with Crippen molar-refractivity contribution in [3.05, 3.63) is 30.1 Å². The number of aromatic nitrogens is 1. The number of hydrogen-bond donors (Lipinski definition) is 1. The second-order valence-corrected chi connectivity index (χ2v) is 4.93. The van der Waals surface area contributed by atoms with Crippen molar-refractivity contribution in [2.24, 2.45) is 5.41 Å². The first-order valence-corrected chi connectivity index (χ1v) is 5.68. The summed E-state index contributed by atoms with van der Waals surface area (Å²) in [5, 5.41) is 2.93. The smallest absolute Gasteiger partial charge is 0.225 e. The van der Waals surface area contributed by atoms with Crippen LogP contribution >= 0.6 is 0 Å². The monoisotopic (exact) mass is 220 g/mol. The third kappa shape index (κ3) is 4.43. The van der Waals surface area contributed by atoms with E-state index in [2.05, 4.69) is 10.3 Å². The van der Waals surface area contributed by atoms with Crippen molar-refractivity contribution in [2.45, 2.75) is 33.6 Å². The zero-order chi connectivity index (χ0) is 12.0. The van der Waals surface area contributed by atoms with Crippen LogP contribution in [0.25, 0.3) is 0 Å². The predicted octanol–water partition coefficient (Wildman–Crippen LogP) is 2.18. The zero-order valence-electron chi connectivity index (χ0n) is 10.3. The minimum absolute atomic E-state index is 0.105. The van der Waals surface area contributed by atoms with Crippen molar-refractivity contribution in [1.82, 2.24) is 10.3 Å². The Morgan fingerprint density at radius 1 is 1.38 bits per heavy atom. The molecule has 16 heavy (non-hydrogen) atoms. The molecular weight excluding hydrogens is 200 g/mol. The van der Waals surface area contributed by atoms with Gasteiger partial charge in [-0.2, -0.15) is 0 Å². The molecule has 0 radical (unpaired) electrons. The first kappa shape index (κ1) is 12.7. The van der Waals surface area contributed by atoms with Crippen LogP contribution in [-0.4, -0.2) is 17.4 Å². The average molecular weight is 220 g/mol. The van der Waals surface area contributed by atoms with Crippen LogP contribution in [0.3, 0.4) is 0 Å². The molecule has 1 N–H and O–H groups in total. The molecule has 0 aliphatic carbocycles. The fourth-order valence-electron chi connectivity index (χ4n) is 1.28. The normalized spacial score (nSPS) is 11.2. The van der Waals surface area contributed by atoms with Crippen molar-refractivity contribution >= 4 is 5.91 Å². The van der Waals surface area contributed by atoms with Crippen LogP contribution in [-0.2, 0) is 11.2 Å². The van der Waals surface area contributed by atoms with E-state index >= 15 is 0 Å². The van der Waals surface area contributed by atoms with Gasteiger partial charge in [-0.1, -0.05) is 26.8 Å². The molecule has 0 unspecified atom stereocenters. The van der Waals surface area contributed by atoms with E-state index in [-0.39, 0.29) is 11.3 Å². The van der Waals surface area contributed by atoms with Gasteiger partial charge in [0.25, 0.3) is 0 Å². The van der Waals surface area contributed by atoms with Crippen LogP contribution in [0.5, 0.6) is 0 Å². The van der Waals surface area contributed by atoms with Gasteiger partial charge in [-0.15, -0.1) is 0 Å². The molecule has 3 heteroatoms. The molecule has 1 aromatic rings. The number of rotatable bonds is 4. The lowest BCUT2D eigenvalue weighted by Crippen LogP contribution is -2.35. The average Bonchev–Trinajstić information content (AvgIpc) is 2.24. The standard InChI is InChI=1S/C13H20N2O/c1-13(2,3)12(16)15-10-6-8-11-7-4-5-9-14-11/h4-5,7,9H,6,8,10H2,1-3H3,(H,15,16). The van der Waals surface area contributed by atoms with E-state index in [1.807, 2.05) is 39.0 Å². The lowest BCUT2D eigenvalue weighted by atomic mass is 9.96. The number of amides is 1. The lowest BCUT2D eigenvalue weighted by Gasteiger charge is -2.17. The van der Waals surface area contributed by atoms with E-state index in [1.165, 1.54) is 0 Å². The summed E-state index contributed by atoms with van der Waals surface area (Å²) in [6.07, 6.45) is 3.63. The van der Waals surface area contributed by atoms with Crippen molar-refractivity contribution < 1.29 is 4.79 Å². The summed E-state index contributed by atoms with van der Waals surface area (Å²) >= 11 is 0. The van der Waals surface area contributed by atoms with Gasteiger partial charge >= 0.3 is 0 Å². The Kier molecular flexibility index (Phi) is 4.47. The topological polar surface area (TPSA) is 42.0 Å². The molecule has 0 aromatic carbocycles. The first-order valence-electron chi connectivity index (χ1n) is 5.68. The van der Waals surface area contributed by atoms with Gasteiger partial charge in [0.15, 0.2) is 0 Å². The summed E-state index contributed by atoms with van der Waals surface area (Å²) in [6.45, 7) is 6.47. The molecule has 1 aromatic heterocycles. The number of aryl methyl sites for hydroxylation is 1. The van der Waals surface area contributed by atoms with Crippen molar-refractivity contribution in [3.63, 3.8) is 0 Å². The van der Waals surface area contributed by atoms with Crippen LogP contribution in [0.1, 0.15) is 32.9 Å². The number of nitrogens with zero attached hydrogens (tertiary/aromatic N) is 1. The minimum Gasteiger partial charge on any atom is -0.356 e. The molecule has 3 nitrogen and oxygen atoms in total. The minimum atomic E-state index is -0.301. The molecule has 1 heterocycles. The molecule has 0 spiro atoms. The van der Waals surface area contributed by atoms with Crippen molar-refractivity contribution in [2.75, 3.05) is 6.54 Å². The summed E-state index contributed by atoms with van der Waals surface area (Å²) in [7, 11) is 0. The van der Waals surface area contributed by atoms with Crippen LogP contribution < -0.4 is 5.32 Å². The Labute approximate surface area is 97.3 Å². The Morgan fingerprint density at radius 2 is 2.12 bits per heavy atom. The van der Waals surface area contributed by atoms with Gasteiger partial charge in [-0.05, 0) is 25.0 Å². The summed E-state index contributed by atoms with van der Waals surface area (Å²) in [5.74, 6) is 0.105. The van der Waals surface area contributed by atoms with E-state index in [0.29, 0.717) is 6.54 Å². The Hall–Kier alpha value is -1.38. The molecule has 0 fully saturated rings. The Bertz CT molecular complexity index is 328. The number of carbonyl (C=O) groups is 1. The fraction of sp³-hybridized carbons (Fsp3) is 0.538. The van der Waals surface area contributed by atoms with Crippen LogP contribution in [0.15, 0.2) is 24.4 Å². The summed E-state index contributed by atoms with van der Waals surface area (Å²) in [4.78, 5) is 15.8. The molecule has 0 saturated heterocycles. The molecule has 1 amide bonds. The zero-order valence-corrected chi connectivity index (χ0v) is 10.3. The van der Waals surface area contributed by atoms with Crippen LogP contribution in [0.4, 0.5) is 0 Å². The van der Waals surface area contributed by atoms with Gasteiger partial charge in [0.2, 0.25) is 5.91 Å². The number of nitrogens with one attached hydrogen (secondary N) is 1. The highest BCUT2D eigenvalue weighted by Crippen LogP contribution is 2.12. The second-order valence-electron chi connectivity index (χ2n) is 4.93. The largest absolute Gasteiger partial charge is 0.356 e. The van der Waals surface area contributed by atoms with E-state index in [4.69, 9.17) is 0 Å². The highest BCUT2D eigenvalue weighted by molar-refractivity contribution is 5.81. The molecule has 0 bridgehead atoms. The van der Waals surface area contributed by atoms with Crippen molar-refractivity contribution in [3.8, 4) is 0 Å². The Balaban J connectivity index is 2.20. The Morgan fingerprint density at radius 3 is 2.69 bits per heavy atom. The summed E-state index contributed by atoms with van der Waals surface area (Å²) in [5.41, 5.74) is 0.776. The lowest BCUT2D eigenvalue weighted by molar-refractivity contribution is -0.128. The van der Waals surface area contributed by atoms with Gasteiger partial charge in [0, 0.05) is 23.9 Å². The third-order valence-electron chi connectivity index (χ3n) is 2.30. The molecular formula is C13H20N2O. The van der Waals surface area contributed by atoms with Gasteiger partial charge < -0.3 is 5.32 Å². The third-order valence-corrected chi connectivity index (χ3v) is 2.30. The molecule has 0 aliphatic heterocycles. The van der Waals surface area contributed by atoms with E-state index in [0.717, 1.165) is 18.5 Å². The summed E-state index contributed by atoms with van der Waals surface area (Å²) < 4.78 is 0. The first-order chi connectivity index (χ1) is 7.50. The van der Waals surface area contributed by atoms with Gasteiger partial charge in [0.1, 0.15) is 0 Å². The van der Waals surface area contributed by atoms with E-state index < -0.39 is 0 Å². The fourth-order valence-corrected chi connectivity index (χ4v) is 1.28. The molecule has 88 valence electrons. The highest BCUT2D eigenvalue weighted by Gasteiger charge is 2.19. The predicted molar refractivity (Wildman–Crippen MR) is 65.0 cm³/mol. The number of carbonyl (C=O) groups excluding carboxylic acids is 1. The molecule has 1 rings (SSSR count). The van der Waals surface area contributed by atoms with Crippen LogP contribution in [0, 0.1) is 5.41 Å². The number of pyridine rings is 1. The van der Waals surface area contributed by atoms with E-state index in [1.54, 1.807) is 6.20 Å². The van der Waals surface area contributed by atoms with Gasteiger partial charge in [0.05, 0.1) is 0 Å². The highest BCUT2D eigenvalue weighted by atomic mass is 16.2. The van der Waals surface area contributed by atoms with Gasteiger partial charge in [-0.3, -0.25) is 9.78 Å². The van der Waals surface area contributed by atoms with Gasteiger partial charge in [-0.25, -0.2) is 0 Å². The quantitative estimate of drug-likeness (QED) is 0.790. The second kappa shape index (κ2) is 5.64. The maximum Gasteiger partial charge on any atom is 0.225 e. The number of hydrogen-bond acceptors (Lipinski definition) is 2. The maximum absolute atomic E-state index is 11.5. The maximum atomic E-state index is 11.5. The van der Waals surface area contributed by atoms with Crippen molar-refractivity contribution in [1.29, 1.82) is 0 Å². The SMILES string of the molecule is CC(C)(C)C(=O)NCCCc1ccccn1. The van der Waals surface area contributed by atoms with Crippen LogP contribution in [0.2, 0.25) is 0 Å².